The van der Waals surface area contributed by atoms with Crippen molar-refractivity contribution in [3.05, 3.63) is 76.4 Å². The first-order valence-corrected chi connectivity index (χ1v) is 8.24. The van der Waals surface area contributed by atoms with Crippen LogP contribution in [0.25, 0.3) is 0 Å². The lowest BCUT2D eigenvalue weighted by atomic mass is 9.92. The molecule has 1 atom stereocenters. The lowest BCUT2D eigenvalue weighted by Gasteiger charge is -2.28. The summed E-state index contributed by atoms with van der Waals surface area (Å²) in [5.74, 6) is -3.68. The second-order valence-corrected chi connectivity index (χ2v) is 6.27. The number of carbonyl (C=O) groups excluding carboxylic acids is 2. The Balaban J connectivity index is 1.77. The highest BCUT2D eigenvalue weighted by atomic mass is 19.1. The average molecular weight is 376 g/mol. The maximum absolute atomic E-state index is 14.8. The third kappa shape index (κ3) is 3.74. The van der Waals surface area contributed by atoms with Crippen molar-refractivity contribution in [1.82, 2.24) is 16.0 Å². The van der Waals surface area contributed by atoms with E-state index in [-0.39, 0.29) is 16.7 Å². The van der Waals surface area contributed by atoms with Gasteiger partial charge in [-0.2, -0.15) is 0 Å². The molecule has 0 saturated heterocycles. The lowest BCUT2D eigenvalue weighted by Crippen LogP contribution is -2.39. The first-order valence-electron chi connectivity index (χ1n) is 8.24. The molecule has 1 radical (unpaired) electrons. The molecule has 2 heterocycles. The predicted octanol–water partition coefficient (Wildman–Crippen LogP) is 2.81. The highest BCUT2D eigenvalue weighted by molar-refractivity contribution is 6.02. The summed E-state index contributed by atoms with van der Waals surface area (Å²) < 4.78 is 41.6. The molecule has 0 aliphatic carbocycles. The Morgan fingerprint density at radius 2 is 2.00 bits per heavy atom. The number of fused-ring (bicyclic) bond motifs is 1. The van der Waals surface area contributed by atoms with E-state index in [0.717, 1.165) is 6.07 Å². The van der Waals surface area contributed by atoms with E-state index in [4.69, 9.17) is 0 Å². The van der Waals surface area contributed by atoms with Crippen LogP contribution in [0.5, 0.6) is 0 Å². The Morgan fingerprint density at radius 1 is 1.26 bits per heavy atom. The Labute approximate surface area is 154 Å². The normalized spacial score (nSPS) is 18.0. The zero-order valence-corrected chi connectivity index (χ0v) is 14.6. The Kier molecular flexibility index (Phi) is 5.07. The largest absolute Gasteiger partial charge is 0.365 e. The van der Waals surface area contributed by atoms with E-state index in [1.165, 1.54) is 19.1 Å². The van der Waals surface area contributed by atoms with Crippen LogP contribution < -0.4 is 16.0 Å². The second-order valence-electron chi connectivity index (χ2n) is 6.27. The molecular formula is C19H17F3N3O2. The minimum absolute atomic E-state index is 0.0862. The van der Waals surface area contributed by atoms with Crippen molar-refractivity contribution in [2.24, 2.45) is 0 Å². The van der Waals surface area contributed by atoms with Gasteiger partial charge in [-0.15, -0.1) is 0 Å². The monoisotopic (exact) mass is 376 g/mol. The van der Waals surface area contributed by atoms with E-state index in [1.807, 2.05) is 0 Å². The third-order valence-corrected chi connectivity index (χ3v) is 4.34. The first kappa shape index (κ1) is 18.8. The molecule has 27 heavy (non-hydrogen) atoms. The zero-order valence-electron chi connectivity index (χ0n) is 14.6. The van der Waals surface area contributed by atoms with Gasteiger partial charge in [0, 0.05) is 22.9 Å². The van der Waals surface area contributed by atoms with Crippen LogP contribution in [0.4, 0.5) is 13.2 Å². The van der Waals surface area contributed by atoms with Crippen molar-refractivity contribution in [3.63, 3.8) is 0 Å². The fourth-order valence-corrected chi connectivity index (χ4v) is 2.98. The summed E-state index contributed by atoms with van der Waals surface area (Å²) >= 11 is 0. The third-order valence-electron chi connectivity index (χ3n) is 4.34. The smallest absolute Gasteiger partial charge is 0.251 e. The SMILES string of the molecule is CC1=C2[C](C=CN1)NC(=O)C(CC(=O)N[C@@H](C)c1ccc(F)cc1F)=C2F. The zero-order chi connectivity index (χ0) is 19.7. The molecule has 3 N–H and O–H groups in total. The van der Waals surface area contributed by atoms with Crippen LogP contribution in [-0.4, -0.2) is 11.8 Å². The van der Waals surface area contributed by atoms with Crippen LogP contribution >= 0.6 is 0 Å². The molecule has 2 amide bonds. The van der Waals surface area contributed by atoms with Crippen molar-refractivity contribution in [1.29, 1.82) is 0 Å². The van der Waals surface area contributed by atoms with Crippen molar-refractivity contribution in [2.75, 3.05) is 0 Å². The average Bonchev–Trinajstić information content (AvgIpc) is 2.58. The van der Waals surface area contributed by atoms with Crippen molar-refractivity contribution in [3.8, 4) is 0 Å². The standard InChI is InChI=1S/C19H17F3N3O2/c1-9(12-4-3-11(20)7-14(12)21)24-16(26)8-13-18(22)17-10(2)23-6-5-15(17)25-19(13)27/h3-7,9,23H,8H2,1-2H3,(H,24,26)(H,25,27)/t9-/m0/s1. The van der Waals surface area contributed by atoms with Crippen LogP contribution in [-0.2, 0) is 9.59 Å². The molecule has 0 unspecified atom stereocenters. The molecule has 2 aliphatic rings. The van der Waals surface area contributed by atoms with Gasteiger partial charge in [-0.1, -0.05) is 6.07 Å². The number of halogens is 3. The van der Waals surface area contributed by atoms with Gasteiger partial charge < -0.3 is 16.0 Å². The highest BCUT2D eigenvalue weighted by Gasteiger charge is 2.35. The molecule has 0 aromatic heterocycles. The van der Waals surface area contributed by atoms with E-state index >= 15 is 0 Å². The summed E-state index contributed by atoms with van der Waals surface area (Å²) in [6, 6.07) is 2.55. The fourth-order valence-electron chi connectivity index (χ4n) is 2.98. The van der Waals surface area contributed by atoms with Crippen molar-refractivity contribution >= 4 is 11.8 Å². The molecule has 8 heteroatoms. The predicted molar refractivity (Wildman–Crippen MR) is 92.0 cm³/mol. The fraction of sp³-hybridized carbons (Fsp3) is 0.211. The van der Waals surface area contributed by atoms with Crippen molar-refractivity contribution in [2.45, 2.75) is 26.3 Å². The highest BCUT2D eigenvalue weighted by Crippen LogP contribution is 2.34. The molecule has 0 fully saturated rings. The Hall–Kier alpha value is -3.03. The summed E-state index contributed by atoms with van der Waals surface area (Å²) in [5, 5.41) is 7.89. The van der Waals surface area contributed by atoms with E-state index in [2.05, 4.69) is 16.0 Å². The number of allylic oxidation sites excluding steroid dienone is 1. The molecule has 141 valence electrons. The maximum Gasteiger partial charge on any atom is 0.251 e. The number of dihydropyridines is 1. The lowest BCUT2D eigenvalue weighted by molar-refractivity contribution is -0.123. The van der Waals surface area contributed by atoms with E-state index in [1.54, 1.807) is 13.1 Å². The number of nitrogens with one attached hydrogen (secondary N) is 3. The molecular weight excluding hydrogens is 359 g/mol. The number of hydrogen-bond donors (Lipinski definition) is 3. The molecule has 0 spiro atoms. The van der Waals surface area contributed by atoms with Gasteiger partial charge >= 0.3 is 0 Å². The van der Waals surface area contributed by atoms with Gasteiger partial charge in [0.15, 0.2) is 0 Å². The van der Waals surface area contributed by atoms with Gasteiger partial charge in [0.2, 0.25) is 5.91 Å². The number of hydrogen-bond acceptors (Lipinski definition) is 3. The van der Waals surface area contributed by atoms with Gasteiger partial charge in [-0.05, 0) is 32.2 Å². The first-order chi connectivity index (χ1) is 12.8. The Morgan fingerprint density at radius 3 is 2.70 bits per heavy atom. The van der Waals surface area contributed by atoms with Crippen LogP contribution in [0.3, 0.4) is 0 Å². The summed E-state index contributed by atoms with van der Waals surface area (Å²) in [6.45, 7) is 3.15. The topological polar surface area (TPSA) is 70.2 Å². The van der Waals surface area contributed by atoms with Gasteiger partial charge in [0.05, 0.1) is 18.0 Å². The minimum Gasteiger partial charge on any atom is -0.365 e. The molecule has 0 bridgehead atoms. The van der Waals surface area contributed by atoms with Gasteiger partial charge in [-0.25, -0.2) is 13.2 Å². The van der Waals surface area contributed by atoms with E-state index in [9.17, 15) is 22.8 Å². The van der Waals surface area contributed by atoms with Crippen LogP contribution in [0.15, 0.2) is 53.1 Å². The molecule has 5 nitrogen and oxygen atoms in total. The van der Waals surface area contributed by atoms with Crippen LogP contribution in [0.2, 0.25) is 0 Å². The number of carbonyl (C=O) groups is 2. The molecule has 2 aliphatic heterocycles. The van der Waals surface area contributed by atoms with Gasteiger partial charge in [0.1, 0.15) is 23.5 Å². The number of benzene rings is 1. The molecule has 1 aromatic carbocycles. The van der Waals surface area contributed by atoms with Gasteiger partial charge in [0.25, 0.3) is 5.91 Å². The summed E-state index contributed by atoms with van der Waals surface area (Å²) in [4.78, 5) is 24.4. The second kappa shape index (κ2) is 7.30. The number of amides is 2. The Bertz CT molecular complexity index is 905. The quantitative estimate of drug-likeness (QED) is 0.757. The molecule has 1 aromatic rings. The summed E-state index contributed by atoms with van der Waals surface area (Å²) in [6.07, 6.45) is 2.58. The number of rotatable bonds is 4. The summed E-state index contributed by atoms with van der Waals surface area (Å²) in [7, 11) is 0. The van der Waals surface area contributed by atoms with E-state index in [0.29, 0.717) is 17.8 Å². The van der Waals surface area contributed by atoms with Gasteiger partial charge in [-0.3, -0.25) is 9.59 Å². The van der Waals surface area contributed by atoms with Crippen molar-refractivity contribution < 1.29 is 22.8 Å². The van der Waals surface area contributed by atoms with Crippen LogP contribution in [0.1, 0.15) is 31.9 Å². The summed E-state index contributed by atoms with van der Waals surface area (Å²) in [5.41, 5.74) is 0.472. The van der Waals surface area contributed by atoms with E-state index < -0.39 is 41.7 Å². The maximum atomic E-state index is 14.8. The minimum atomic E-state index is -0.802. The van der Waals surface area contributed by atoms with Crippen LogP contribution in [0, 0.1) is 17.7 Å². The molecule has 3 rings (SSSR count). The molecule has 0 saturated carbocycles.